The Morgan fingerprint density at radius 2 is 1.70 bits per heavy atom. The van der Waals surface area contributed by atoms with E-state index in [1.165, 1.54) is 14.0 Å². The van der Waals surface area contributed by atoms with E-state index in [1.807, 2.05) is 0 Å². The molecule has 0 aromatic carbocycles. The van der Waals surface area contributed by atoms with Gasteiger partial charge in [0.2, 0.25) is 0 Å². The number of aryl methyl sites for hydroxylation is 1. The van der Waals surface area contributed by atoms with E-state index in [2.05, 4.69) is 9.97 Å². The summed E-state index contributed by atoms with van der Waals surface area (Å²) in [5.41, 5.74) is -3.85. The van der Waals surface area contributed by atoms with E-state index in [1.54, 1.807) is 0 Å². The van der Waals surface area contributed by atoms with Crippen molar-refractivity contribution in [3.05, 3.63) is 46.9 Å². The number of hydrogen-bond donors (Lipinski definition) is 0. The van der Waals surface area contributed by atoms with Gasteiger partial charge in [0, 0.05) is 6.20 Å². The molecule has 0 radical (unpaired) electrons. The fraction of sp³-hybridized carbons (Fsp3) is 0.278. The quantitative estimate of drug-likeness (QED) is 0.248. The van der Waals surface area contributed by atoms with Gasteiger partial charge in [0.15, 0.2) is 26.1 Å². The van der Waals surface area contributed by atoms with Gasteiger partial charge in [0.05, 0.1) is 23.9 Å². The van der Waals surface area contributed by atoms with Crippen molar-refractivity contribution in [3.63, 3.8) is 0 Å². The lowest BCUT2D eigenvalue weighted by Gasteiger charge is -2.09. The molecule has 33 heavy (non-hydrogen) atoms. The molecule has 0 bridgehead atoms. The molecule has 176 valence electrons. The number of alkyl halides is 6. The lowest BCUT2D eigenvalue weighted by atomic mass is 10.2. The minimum atomic E-state index is -4.84. The van der Waals surface area contributed by atoms with E-state index in [0.29, 0.717) is 24.4 Å². The number of hydrogen-bond acceptors (Lipinski definition) is 5. The summed E-state index contributed by atoms with van der Waals surface area (Å²) in [6.07, 6.45) is -8.38. The molecule has 4 aromatic rings. The molecule has 4 rings (SSSR count). The van der Waals surface area contributed by atoms with E-state index >= 15 is 0 Å². The van der Waals surface area contributed by atoms with E-state index in [0.717, 1.165) is 15.2 Å². The van der Waals surface area contributed by atoms with Gasteiger partial charge < -0.3 is 5.21 Å². The SMILES string of the molecule is CCS(=O)(=O)c1c(-c2nc3cc(C(F)(F)F)c[n+]([O-])c3n2C)nc2cc(C(F)(F)F)ccn12. The van der Waals surface area contributed by atoms with Crippen LogP contribution in [0, 0.1) is 5.21 Å². The molecule has 15 heteroatoms. The van der Waals surface area contributed by atoms with E-state index in [9.17, 15) is 40.0 Å². The summed E-state index contributed by atoms with van der Waals surface area (Å²) in [5.74, 6) is -0.753. The number of sulfone groups is 1. The highest BCUT2D eigenvalue weighted by atomic mass is 32.2. The maximum absolute atomic E-state index is 13.1. The average Bonchev–Trinajstić information content (AvgIpc) is 3.24. The van der Waals surface area contributed by atoms with Crippen molar-refractivity contribution in [2.45, 2.75) is 24.3 Å². The van der Waals surface area contributed by atoms with Crippen LogP contribution in [0.2, 0.25) is 0 Å². The van der Waals surface area contributed by atoms with Crippen LogP contribution in [0.3, 0.4) is 0 Å². The predicted molar refractivity (Wildman–Crippen MR) is 102 cm³/mol. The maximum atomic E-state index is 13.1. The van der Waals surface area contributed by atoms with Crippen LogP contribution in [0.15, 0.2) is 35.6 Å². The van der Waals surface area contributed by atoms with Crippen molar-refractivity contribution in [2.75, 3.05) is 5.75 Å². The maximum Gasteiger partial charge on any atom is 0.419 e. The molecule has 0 fully saturated rings. The Hall–Kier alpha value is -3.36. The molecule has 0 amide bonds. The zero-order valence-corrected chi connectivity index (χ0v) is 17.5. The molecule has 0 unspecified atom stereocenters. The summed E-state index contributed by atoms with van der Waals surface area (Å²) in [6.45, 7) is 1.30. The van der Waals surface area contributed by atoms with Crippen LogP contribution in [0.5, 0.6) is 0 Å². The second-order valence-corrected chi connectivity index (χ2v) is 9.26. The summed E-state index contributed by atoms with van der Waals surface area (Å²) < 4.78 is 106. The Balaban J connectivity index is 2.08. The van der Waals surface area contributed by atoms with Crippen molar-refractivity contribution in [2.24, 2.45) is 7.05 Å². The van der Waals surface area contributed by atoms with Crippen LogP contribution >= 0.6 is 0 Å². The highest BCUT2D eigenvalue weighted by Crippen LogP contribution is 2.35. The monoisotopic (exact) mass is 493 g/mol. The minimum absolute atomic E-state index is 0.0692. The molecule has 0 aliphatic carbocycles. The molecule has 0 atom stereocenters. The number of aromatic nitrogens is 5. The molecule has 0 saturated heterocycles. The molecule has 4 aromatic heterocycles. The number of rotatable bonds is 3. The Morgan fingerprint density at radius 3 is 2.27 bits per heavy atom. The van der Waals surface area contributed by atoms with Crippen molar-refractivity contribution in [1.29, 1.82) is 0 Å². The summed E-state index contributed by atoms with van der Waals surface area (Å²) in [7, 11) is -2.85. The fourth-order valence-corrected chi connectivity index (χ4v) is 4.54. The Morgan fingerprint density at radius 1 is 1.06 bits per heavy atom. The van der Waals surface area contributed by atoms with Crippen molar-refractivity contribution >= 4 is 26.6 Å². The first-order chi connectivity index (χ1) is 15.1. The largest absolute Gasteiger partial charge is 0.711 e. The lowest BCUT2D eigenvalue weighted by molar-refractivity contribution is -0.581. The predicted octanol–water partition coefficient (Wildman–Crippen LogP) is 3.35. The van der Waals surface area contributed by atoms with E-state index < -0.39 is 55.3 Å². The number of nitrogens with zero attached hydrogens (tertiary/aromatic N) is 5. The second-order valence-electron chi connectivity index (χ2n) is 7.07. The third kappa shape index (κ3) is 3.65. The summed E-state index contributed by atoms with van der Waals surface area (Å²) in [5, 5.41) is 11.8. The van der Waals surface area contributed by atoms with Gasteiger partial charge in [-0.25, -0.2) is 22.7 Å². The zero-order valence-electron chi connectivity index (χ0n) is 16.7. The van der Waals surface area contributed by atoms with Gasteiger partial charge >= 0.3 is 18.0 Å². The molecule has 0 aliphatic heterocycles. The smallest absolute Gasteiger partial charge is 0.419 e. The lowest BCUT2D eigenvalue weighted by Crippen LogP contribution is -2.30. The number of pyridine rings is 2. The van der Waals surface area contributed by atoms with Crippen LogP contribution in [0.4, 0.5) is 26.3 Å². The van der Waals surface area contributed by atoms with Gasteiger partial charge in [-0.2, -0.15) is 31.3 Å². The van der Waals surface area contributed by atoms with Gasteiger partial charge in [-0.1, -0.05) is 6.92 Å². The van der Waals surface area contributed by atoms with Crippen LogP contribution < -0.4 is 4.73 Å². The second kappa shape index (κ2) is 7.07. The minimum Gasteiger partial charge on any atom is -0.711 e. The normalized spacial score (nSPS) is 13.3. The third-order valence-electron chi connectivity index (χ3n) is 4.97. The zero-order chi connectivity index (χ0) is 24.5. The van der Waals surface area contributed by atoms with Gasteiger partial charge in [-0.15, -0.1) is 0 Å². The highest BCUT2D eigenvalue weighted by molar-refractivity contribution is 7.91. The molecule has 0 N–H and O–H groups in total. The number of halogens is 6. The van der Waals surface area contributed by atoms with Gasteiger partial charge in [-0.05, 0) is 18.2 Å². The fourth-order valence-electron chi connectivity index (χ4n) is 3.39. The Labute approximate surface area is 181 Å². The van der Waals surface area contributed by atoms with E-state index in [-0.39, 0.29) is 21.8 Å². The molecular weight excluding hydrogens is 480 g/mol. The average molecular weight is 493 g/mol. The topological polar surface area (TPSA) is 96.2 Å². The Bertz CT molecular complexity index is 1520. The first-order valence-electron chi connectivity index (χ1n) is 9.14. The molecular formula is C18H13F6N5O3S. The first-order valence-corrected chi connectivity index (χ1v) is 10.8. The summed E-state index contributed by atoms with van der Waals surface area (Å²) in [4.78, 5) is 7.97. The van der Waals surface area contributed by atoms with Gasteiger partial charge in [-0.3, -0.25) is 4.40 Å². The molecule has 0 aliphatic rings. The van der Waals surface area contributed by atoms with Crippen LogP contribution in [0.1, 0.15) is 18.1 Å². The van der Waals surface area contributed by atoms with Gasteiger partial charge in [0.1, 0.15) is 11.8 Å². The molecule has 0 saturated carbocycles. The first kappa shape index (κ1) is 22.8. The molecule has 4 heterocycles. The van der Waals surface area contributed by atoms with Crippen LogP contribution in [0.25, 0.3) is 28.3 Å². The number of fused-ring (bicyclic) bond motifs is 2. The number of imidazole rings is 2. The standard InChI is InChI=1S/C18H13F6N5O3S/c1-3-33(31,32)16-13(26-12-7-9(17(19,20)21)4-5-28(12)16)14-25-11-6-10(18(22,23)24)8-29(30)15(11)27(14)2/h4-8H,3H2,1-2H3. The third-order valence-corrected chi connectivity index (χ3v) is 6.71. The van der Waals surface area contributed by atoms with E-state index in [4.69, 9.17) is 0 Å². The Kier molecular flexibility index (Phi) is 4.89. The molecule has 8 nitrogen and oxygen atoms in total. The van der Waals surface area contributed by atoms with Crippen LogP contribution in [-0.2, 0) is 29.2 Å². The van der Waals surface area contributed by atoms with Gasteiger partial charge in [0.25, 0.3) is 5.82 Å². The van der Waals surface area contributed by atoms with Crippen molar-refractivity contribution in [1.82, 2.24) is 18.9 Å². The van der Waals surface area contributed by atoms with Crippen molar-refractivity contribution < 1.29 is 39.5 Å². The summed E-state index contributed by atoms with van der Waals surface area (Å²) >= 11 is 0. The van der Waals surface area contributed by atoms with Crippen LogP contribution in [-0.4, -0.2) is 33.1 Å². The highest BCUT2D eigenvalue weighted by Gasteiger charge is 2.36. The summed E-state index contributed by atoms with van der Waals surface area (Å²) in [6, 6.07) is 1.92. The molecule has 0 spiro atoms. The van der Waals surface area contributed by atoms with Crippen molar-refractivity contribution in [3.8, 4) is 11.5 Å².